The van der Waals surface area contributed by atoms with Gasteiger partial charge in [-0.05, 0) is 85.4 Å². The smallest absolute Gasteiger partial charge is 0.271 e. The van der Waals surface area contributed by atoms with Crippen LogP contribution < -0.4 is 9.64 Å². The van der Waals surface area contributed by atoms with Gasteiger partial charge in [0, 0.05) is 17.1 Å². The number of aryl methyl sites for hydroxylation is 1. The topological polar surface area (TPSA) is 46.8 Å². The fourth-order valence-corrected chi connectivity index (χ4v) is 4.84. The van der Waals surface area contributed by atoms with Gasteiger partial charge in [-0.1, -0.05) is 36.4 Å². The first-order valence-corrected chi connectivity index (χ1v) is 11.7. The number of hydrogen-bond acceptors (Lipinski definition) is 4. The van der Waals surface area contributed by atoms with Gasteiger partial charge in [-0.25, -0.2) is 4.99 Å². The summed E-state index contributed by atoms with van der Waals surface area (Å²) in [7, 11) is 1.65. The second kappa shape index (κ2) is 9.45. The first-order valence-electron chi connectivity index (χ1n) is 10.9. The van der Waals surface area contributed by atoms with Crippen LogP contribution in [0, 0.1) is 6.92 Å². The number of aromatic nitrogens is 1. The standard InChI is InChI=1S/C28H23N3O2S/c1-20-13-14-24(30(20)23-15-17-25(33-2)18-16-23)19-26-27(32)31(22-11-7-4-8-12-22)28(34-26)29-21-9-5-3-6-10-21/h3-19H,1-2H3/b26-19-,29-28?. The lowest BCUT2D eigenvalue weighted by Gasteiger charge is -2.15. The van der Waals surface area contributed by atoms with Gasteiger partial charge < -0.3 is 9.30 Å². The van der Waals surface area contributed by atoms with E-state index in [1.165, 1.54) is 11.8 Å². The molecule has 34 heavy (non-hydrogen) atoms. The number of thioether (sulfide) groups is 1. The zero-order valence-electron chi connectivity index (χ0n) is 18.9. The lowest BCUT2D eigenvalue weighted by Crippen LogP contribution is -2.28. The fraction of sp³-hybridized carbons (Fsp3) is 0.0714. The summed E-state index contributed by atoms with van der Waals surface area (Å²) in [5.41, 5.74) is 4.60. The van der Waals surface area contributed by atoms with E-state index in [9.17, 15) is 4.79 Å². The quantitative estimate of drug-likeness (QED) is 0.312. The van der Waals surface area contributed by atoms with Crippen molar-refractivity contribution in [2.24, 2.45) is 4.99 Å². The van der Waals surface area contributed by atoms with Crippen LogP contribution in [0.2, 0.25) is 0 Å². The van der Waals surface area contributed by atoms with E-state index in [1.807, 2.05) is 97.1 Å². The summed E-state index contributed by atoms with van der Waals surface area (Å²) in [6.07, 6.45) is 1.94. The number of rotatable bonds is 5. The van der Waals surface area contributed by atoms with Gasteiger partial charge in [-0.3, -0.25) is 9.69 Å². The SMILES string of the molecule is COc1ccc(-n2c(C)ccc2/C=C2\SC(=Nc3ccccc3)N(c3ccccc3)C2=O)cc1. The maximum absolute atomic E-state index is 13.6. The van der Waals surface area contributed by atoms with Gasteiger partial charge in [0.15, 0.2) is 5.17 Å². The second-order valence-corrected chi connectivity index (χ2v) is 8.76. The van der Waals surface area contributed by atoms with Crippen molar-refractivity contribution in [3.05, 3.63) is 113 Å². The predicted octanol–water partition coefficient (Wildman–Crippen LogP) is 6.60. The molecule has 0 spiro atoms. The van der Waals surface area contributed by atoms with Crippen molar-refractivity contribution in [2.75, 3.05) is 12.0 Å². The largest absolute Gasteiger partial charge is 0.497 e. The number of hydrogen-bond donors (Lipinski definition) is 0. The minimum absolute atomic E-state index is 0.0917. The van der Waals surface area contributed by atoms with Crippen LogP contribution in [0.1, 0.15) is 11.4 Å². The Labute approximate surface area is 203 Å². The van der Waals surface area contributed by atoms with E-state index < -0.39 is 0 Å². The average molecular weight is 466 g/mol. The number of methoxy groups -OCH3 is 1. The highest BCUT2D eigenvalue weighted by molar-refractivity contribution is 8.19. The molecule has 5 rings (SSSR count). The Bertz CT molecular complexity index is 1370. The van der Waals surface area contributed by atoms with Crippen molar-refractivity contribution in [3.63, 3.8) is 0 Å². The Hall–Kier alpha value is -4.03. The number of amides is 1. The molecule has 0 unspecified atom stereocenters. The molecule has 1 fully saturated rings. The molecular weight excluding hydrogens is 442 g/mol. The van der Waals surface area contributed by atoms with Gasteiger partial charge in [0.05, 0.1) is 23.4 Å². The Kier molecular flexibility index (Phi) is 6.06. The summed E-state index contributed by atoms with van der Waals surface area (Å²) in [5.74, 6) is 0.710. The van der Waals surface area contributed by atoms with Crippen LogP contribution in [0.25, 0.3) is 11.8 Å². The number of carbonyl (C=O) groups is 1. The third-order valence-corrected chi connectivity index (χ3v) is 6.49. The molecule has 168 valence electrons. The normalized spacial score (nSPS) is 15.9. The van der Waals surface area contributed by atoms with E-state index in [2.05, 4.69) is 17.6 Å². The monoisotopic (exact) mass is 465 g/mol. The van der Waals surface area contributed by atoms with Crippen LogP contribution in [0.4, 0.5) is 11.4 Å². The number of nitrogens with zero attached hydrogens (tertiary/aromatic N) is 3. The van der Waals surface area contributed by atoms with E-state index in [4.69, 9.17) is 9.73 Å². The molecule has 4 aromatic rings. The highest BCUT2D eigenvalue weighted by Crippen LogP contribution is 2.37. The van der Waals surface area contributed by atoms with E-state index >= 15 is 0 Å². The molecule has 6 heteroatoms. The number of anilines is 1. The summed E-state index contributed by atoms with van der Waals surface area (Å²) in [4.78, 5) is 20.7. The summed E-state index contributed by atoms with van der Waals surface area (Å²) >= 11 is 1.38. The molecule has 0 N–H and O–H groups in total. The summed E-state index contributed by atoms with van der Waals surface area (Å²) < 4.78 is 7.42. The first-order chi connectivity index (χ1) is 16.6. The van der Waals surface area contributed by atoms with E-state index in [-0.39, 0.29) is 5.91 Å². The van der Waals surface area contributed by atoms with Crippen LogP contribution in [-0.4, -0.2) is 22.8 Å². The number of para-hydroxylation sites is 2. The van der Waals surface area contributed by atoms with Crippen molar-refractivity contribution < 1.29 is 9.53 Å². The molecular formula is C28H23N3O2S. The molecule has 0 aliphatic carbocycles. The summed E-state index contributed by atoms with van der Waals surface area (Å²) in [6.45, 7) is 2.05. The molecule has 1 amide bonds. The molecule has 0 bridgehead atoms. The number of carbonyl (C=O) groups excluding carboxylic acids is 1. The zero-order valence-corrected chi connectivity index (χ0v) is 19.7. The van der Waals surface area contributed by atoms with Gasteiger partial charge in [0.2, 0.25) is 0 Å². The molecule has 0 saturated carbocycles. The highest BCUT2D eigenvalue weighted by Gasteiger charge is 2.35. The molecule has 1 aliphatic rings. The van der Waals surface area contributed by atoms with Crippen LogP contribution >= 0.6 is 11.8 Å². The average Bonchev–Trinajstić information content (AvgIpc) is 3.39. The Morgan fingerprint density at radius 2 is 1.50 bits per heavy atom. The molecule has 5 nitrogen and oxygen atoms in total. The predicted molar refractivity (Wildman–Crippen MR) is 140 cm³/mol. The van der Waals surface area contributed by atoms with Crippen molar-refractivity contribution in [1.82, 2.24) is 4.57 Å². The number of ether oxygens (including phenoxy) is 1. The van der Waals surface area contributed by atoms with Crippen molar-refractivity contribution >= 4 is 40.3 Å². The first kappa shape index (κ1) is 21.8. The molecule has 0 atom stereocenters. The molecule has 1 saturated heterocycles. The summed E-state index contributed by atoms with van der Waals surface area (Å²) in [6, 6.07) is 31.3. The summed E-state index contributed by atoms with van der Waals surface area (Å²) in [5, 5.41) is 0.632. The minimum atomic E-state index is -0.0917. The molecule has 0 radical (unpaired) electrons. The van der Waals surface area contributed by atoms with Gasteiger partial charge in [-0.2, -0.15) is 0 Å². The van der Waals surface area contributed by atoms with Crippen molar-refractivity contribution in [2.45, 2.75) is 6.92 Å². The van der Waals surface area contributed by atoms with Gasteiger partial charge in [0.25, 0.3) is 5.91 Å². The molecule has 1 aliphatic heterocycles. The van der Waals surface area contributed by atoms with E-state index in [1.54, 1.807) is 12.0 Å². The zero-order chi connectivity index (χ0) is 23.5. The Morgan fingerprint density at radius 3 is 2.18 bits per heavy atom. The lowest BCUT2D eigenvalue weighted by molar-refractivity contribution is -0.113. The minimum Gasteiger partial charge on any atom is -0.497 e. The van der Waals surface area contributed by atoms with Crippen LogP contribution in [0.15, 0.2) is 107 Å². The third kappa shape index (κ3) is 4.28. The van der Waals surface area contributed by atoms with Crippen LogP contribution in [0.3, 0.4) is 0 Å². The molecule has 1 aromatic heterocycles. The van der Waals surface area contributed by atoms with E-state index in [0.717, 1.165) is 34.2 Å². The lowest BCUT2D eigenvalue weighted by atomic mass is 10.2. The Morgan fingerprint density at radius 1 is 0.824 bits per heavy atom. The molecule has 3 aromatic carbocycles. The van der Waals surface area contributed by atoms with Crippen molar-refractivity contribution in [3.8, 4) is 11.4 Å². The van der Waals surface area contributed by atoms with Gasteiger partial charge >= 0.3 is 0 Å². The van der Waals surface area contributed by atoms with Gasteiger partial charge in [0.1, 0.15) is 5.75 Å². The van der Waals surface area contributed by atoms with Crippen LogP contribution in [0.5, 0.6) is 5.75 Å². The Balaban J connectivity index is 1.56. The number of aliphatic imine (C=N–C) groups is 1. The second-order valence-electron chi connectivity index (χ2n) is 7.75. The maximum atomic E-state index is 13.6. The maximum Gasteiger partial charge on any atom is 0.271 e. The third-order valence-electron chi connectivity index (χ3n) is 5.52. The fourth-order valence-electron chi connectivity index (χ4n) is 3.86. The number of benzene rings is 3. The highest BCUT2D eigenvalue weighted by atomic mass is 32.2. The molecule has 2 heterocycles. The van der Waals surface area contributed by atoms with Gasteiger partial charge in [-0.15, -0.1) is 0 Å². The van der Waals surface area contributed by atoms with E-state index in [0.29, 0.717) is 10.1 Å². The van der Waals surface area contributed by atoms with Crippen LogP contribution in [-0.2, 0) is 4.79 Å². The number of amidine groups is 1. The van der Waals surface area contributed by atoms with Crippen molar-refractivity contribution in [1.29, 1.82) is 0 Å².